The van der Waals surface area contributed by atoms with Gasteiger partial charge in [0.25, 0.3) is 0 Å². The first kappa shape index (κ1) is 19.8. The fourth-order valence-corrected chi connectivity index (χ4v) is 4.06. The molecule has 1 aromatic heterocycles. The molecule has 29 heavy (non-hydrogen) atoms. The van der Waals surface area contributed by atoms with E-state index in [-0.39, 0.29) is 11.8 Å². The zero-order valence-corrected chi connectivity index (χ0v) is 16.8. The van der Waals surface area contributed by atoms with Gasteiger partial charge in [-0.15, -0.1) is 0 Å². The maximum Gasteiger partial charge on any atom is 0.225 e. The molecule has 1 atom stereocenters. The Morgan fingerprint density at radius 1 is 1.14 bits per heavy atom. The minimum absolute atomic E-state index is 0.0165. The summed E-state index contributed by atoms with van der Waals surface area (Å²) in [7, 11) is 0. The van der Waals surface area contributed by atoms with E-state index >= 15 is 0 Å². The standard InChI is InChI=1S/C22H29N5O2/c28-22(20-6-3-9-27(17-20)21-15-23-7-8-24-21)25-14-18-4-1-2-5-19(18)16-26-10-12-29-13-11-26/h1-2,4-5,7-8,15,20H,3,6,9-14,16-17H2,(H,25,28)/t20-/m0/s1. The van der Waals surface area contributed by atoms with E-state index in [9.17, 15) is 4.79 Å². The normalized spacial score (nSPS) is 20.4. The number of benzene rings is 1. The Bertz CT molecular complexity index is 795. The highest BCUT2D eigenvalue weighted by Crippen LogP contribution is 2.21. The van der Waals surface area contributed by atoms with E-state index in [0.29, 0.717) is 13.1 Å². The lowest BCUT2D eigenvalue weighted by molar-refractivity contribution is -0.125. The number of aromatic nitrogens is 2. The van der Waals surface area contributed by atoms with Crippen molar-refractivity contribution in [2.24, 2.45) is 5.92 Å². The van der Waals surface area contributed by atoms with Gasteiger partial charge in [-0.1, -0.05) is 24.3 Å². The third-order valence-corrected chi connectivity index (χ3v) is 5.73. The highest BCUT2D eigenvalue weighted by atomic mass is 16.5. The molecule has 7 heteroatoms. The zero-order valence-electron chi connectivity index (χ0n) is 16.8. The fourth-order valence-electron chi connectivity index (χ4n) is 4.06. The average molecular weight is 396 g/mol. The van der Waals surface area contributed by atoms with Crippen molar-refractivity contribution in [2.75, 3.05) is 44.3 Å². The molecule has 2 fully saturated rings. The SMILES string of the molecule is O=C(NCc1ccccc1CN1CCOCC1)[C@H]1CCCN(c2cnccn2)C1. The Labute approximate surface area is 172 Å². The number of piperidine rings is 1. The van der Waals surface area contributed by atoms with E-state index in [1.807, 2.05) is 6.07 Å². The third-order valence-electron chi connectivity index (χ3n) is 5.73. The summed E-state index contributed by atoms with van der Waals surface area (Å²) >= 11 is 0. The lowest BCUT2D eigenvalue weighted by Crippen LogP contribution is -2.43. The molecule has 0 radical (unpaired) electrons. The second-order valence-electron chi connectivity index (χ2n) is 7.72. The van der Waals surface area contributed by atoms with E-state index in [2.05, 4.69) is 43.3 Å². The zero-order chi connectivity index (χ0) is 19.9. The minimum Gasteiger partial charge on any atom is -0.379 e. The summed E-state index contributed by atoms with van der Waals surface area (Å²) in [4.78, 5) is 25.9. The summed E-state index contributed by atoms with van der Waals surface area (Å²) in [5.74, 6) is 0.956. The van der Waals surface area contributed by atoms with Crippen molar-refractivity contribution in [1.82, 2.24) is 20.2 Å². The highest BCUT2D eigenvalue weighted by molar-refractivity contribution is 5.79. The summed E-state index contributed by atoms with van der Waals surface area (Å²) < 4.78 is 5.44. The van der Waals surface area contributed by atoms with Gasteiger partial charge in [-0.25, -0.2) is 4.98 Å². The van der Waals surface area contributed by atoms with Gasteiger partial charge in [0, 0.05) is 51.7 Å². The Morgan fingerprint density at radius 3 is 2.76 bits per heavy atom. The van der Waals surface area contributed by atoms with Gasteiger partial charge >= 0.3 is 0 Å². The van der Waals surface area contributed by atoms with E-state index < -0.39 is 0 Å². The van der Waals surface area contributed by atoms with Gasteiger partial charge in [-0.05, 0) is 24.0 Å². The number of anilines is 1. The largest absolute Gasteiger partial charge is 0.379 e. The van der Waals surface area contributed by atoms with Crippen LogP contribution in [0.5, 0.6) is 0 Å². The molecule has 0 saturated carbocycles. The number of morpholine rings is 1. The molecular weight excluding hydrogens is 366 g/mol. The minimum atomic E-state index is -0.0165. The van der Waals surface area contributed by atoms with Crippen LogP contribution in [0.25, 0.3) is 0 Å². The predicted octanol–water partition coefficient (Wildman–Crippen LogP) is 1.84. The van der Waals surface area contributed by atoms with Gasteiger partial charge in [0.2, 0.25) is 5.91 Å². The lowest BCUT2D eigenvalue weighted by Gasteiger charge is -2.32. The number of ether oxygens (including phenoxy) is 1. The van der Waals surface area contributed by atoms with Crippen LogP contribution in [0.2, 0.25) is 0 Å². The Kier molecular flexibility index (Phi) is 6.69. The van der Waals surface area contributed by atoms with Crippen molar-refractivity contribution in [3.8, 4) is 0 Å². The molecule has 2 aliphatic heterocycles. The van der Waals surface area contributed by atoms with Gasteiger partial charge in [-0.2, -0.15) is 0 Å². The summed E-state index contributed by atoms with van der Waals surface area (Å²) in [6, 6.07) is 8.39. The molecule has 1 aromatic carbocycles. The highest BCUT2D eigenvalue weighted by Gasteiger charge is 2.26. The molecule has 1 N–H and O–H groups in total. The van der Waals surface area contributed by atoms with Crippen LogP contribution in [-0.4, -0.2) is 60.2 Å². The molecule has 7 nitrogen and oxygen atoms in total. The van der Waals surface area contributed by atoms with Crippen molar-refractivity contribution in [3.05, 3.63) is 54.0 Å². The van der Waals surface area contributed by atoms with Crippen molar-refractivity contribution in [1.29, 1.82) is 0 Å². The average Bonchev–Trinajstić information content (AvgIpc) is 2.80. The van der Waals surface area contributed by atoms with Gasteiger partial charge in [-0.3, -0.25) is 14.7 Å². The van der Waals surface area contributed by atoms with Crippen LogP contribution in [0.3, 0.4) is 0 Å². The molecule has 3 heterocycles. The number of rotatable bonds is 6. The van der Waals surface area contributed by atoms with E-state index in [4.69, 9.17) is 4.74 Å². The van der Waals surface area contributed by atoms with E-state index in [1.54, 1.807) is 18.6 Å². The third kappa shape index (κ3) is 5.31. The monoisotopic (exact) mass is 395 g/mol. The van der Waals surface area contributed by atoms with Crippen LogP contribution in [0.1, 0.15) is 24.0 Å². The van der Waals surface area contributed by atoms with Crippen molar-refractivity contribution in [3.63, 3.8) is 0 Å². The van der Waals surface area contributed by atoms with Crippen LogP contribution in [0.15, 0.2) is 42.9 Å². The number of carbonyl (C=O) groups is 1. The van der Waals surface area contributed by atoms with Crippen LogP contribution in [0, 0.1) is 5.92 Å². The van der Waals surface area contributed by atoms with Gasteiger partial charge in [0.05, 0.1) is 25.3 Å². The smallest absolute Gasteiger partial charge is 0.225 e. The second kappa shape index (κ2) is 9.80. The molecule has 0 aliphatic carbocycles. The topological polar surface area (TPSA) is 70.6 Å². The van der Waals surface area contributed by atoms with E-state index in [0.717, 1.165) is 58.1 Å². The van der Waals surface area contributed by atoms with Crippen molar-refractivity contribution >= 4 is 11.7 Å². The summed E-state index contributed by atoms with van der Waals surface area (Å²) in [6.45, 7) is 6.60. The number of nitrogens with one attached hydrogen (secondary N) is 1. The van der Waals surface area contributed by atoms with Crippen LogP contribution < -0.4 is 10.2 Å². The summed E-state index contributed by atoms with van der Waals surface area (Å²) in [6.07, 6.45) is 7.04. The fraction of sp³-hybridized carbons (Fsp3) is 0.500. The second-order valence-corrected chi connectivity index (χ2v) is 7.72. The maximum absolute atomic E-state index is 12.8. The van der Waals surface area contributed by atoms with Crippen LogP contribution in [0.4, 0.5) is 5.82 Å². The number of nitrogens with zero attached hydrogens (tertiary/aromatic N) is 4. The molecule has 0 unspecified atom stereocenters. The molecule has 2 aromatic rings. The first-order valence-corrected chi connectivity index (χ1v) is 10.4. The quantitative estimate of drug-likeness (QED) is 0.805. The number of hydrogen-bond donors (Lipinski definition) is 1. The molecule has 0 spiro atoms. The van der Waals surface area contributed by atoms with Crippen LogP contribution >= 0.6 is 0 Å². The number of hydrogen-bond acceptors (Lipinski definition) is 6. The predicted molar refractivity (Wildman–Crippen MR) is 111 cm³/mol. The van der Waals surface area contributed by atoms with E-state index in [1.165, 1.54) is 11.1 Å². The number of amides is 1. The van der Waals surface area contributed by atoms with Gasteiger partial charge in [0.15, 0.2) is 0 Å². The molecular formula is C22H29N5O2. The summed E-state index contributed by atoms with van der Waals surface area (Å²) in [5, 5.41) is 3.17. The molecule has 154 valence electrons. The van der Waals surface area contributed by atoms with Crippen LogP contribution in [-0.2, 0) is 22.6 Å². The molecule has 4 rings (SSSR count). The molecule has 0 bridgehead atoms. The molecule has 2 aliphatic rings. The first-order chi connectivity index (χ1) is 14.3. The van der Waals surface area contributed by atoms with Gasteiger partial charge < -0.3 is 15.0 Å². The lowest BCUT2D eigenvalue weighted by atomic mass is 9.97. The molecule has 1 amide bonds. The van der Waals surface area contributed by atoms with Crippen molar-refractivity contribution < 1.29 is 9.53 Å². The Morgan fingerprint density at radius 2 is 1.97 bits per heavy atom. The Hall–Kier alpha value is -2.51. The maximum atomic E-state index is 12.8. The number of carbonyl (C=O) groups excluding carboxylic acids is 1. The van der Waals surface area contributed by atoms with Crippen molar-refractivity contribution in [2.45, 2.75) is 25.9 Å². The Balaban J connectivity index is 1.33. The molecule has 2 saturated heterocycles. The summed E-state index contributed by atoms with van der Waals surface area (Å²) in [5.41, 5.74) is 2.47. The first-order valence-electron chi connectivity index (χ1n) is 10.4. The van der Waals surface area contributed by atoms with Gasteiger partial charge in [0.1, 0.15) is 5.82 Å².